The Labute approximate surface area is 125 Å². The predicted molar refractivity (Wildman–Crippen MR) is 84.6 cm³/mol. The van der Waals surface area contributed by atoms with Gasteiger partial charge in [-0.1, -0.05) is 33.1 Å². The Kier molecular flexibility index (Phi) is 7.52. The Hall–Kier alpha value is -0.0900. The minimum absolute atomic E-state index is 0.00593. The molecule has 1 aliphatic rings. The molecular weight excluding hydrogens is 272 g/mol. The monoisotopic (exact) mass is 304 g/mol. The zero-order valence-corrected chi connectivity index (χ0v) is 14.1. The van der Waals surface area contributed by atoms with Gasteiger partial charge in [0.2, 0.25) is 0 Å². The van der Waals surface area contributed by atoms with Gasteiger partial charge in [-0.2, -0.15) is 0 Å². The van der Waals surface area contributed by atoms with Crippen LogP contribution in [0.3, 0.4) is 0 Å². The maximum absolute atomic E-state index is 11.5. The van der Waals surface area contributed by atoms with Crippen LogP contribution in [0.1, 0.15) is 71.6 Å². The number of hydrogen-bond donors (Lipinski definition) is 1. The lowest BCUT2D eigenvalue weighted by Gasteiger charge is -2.39. The van der Waals surface area contributed by atoms with E-state index in [1.807, 2.05) is 0 Å². The number of unbranched alkanes of at least 4 members (excludes halogenated alkanes) is 1. The third-order valence-electron chi connectivity index (χ3n) is 5.07. The van der Waals surface area contributed by atoms with Crippen molar-refractivity contribution in [2.24, 2.45) is 11.3 Å². The van der Waals surface area contributed by atoms with Gasteiger partial charge < -0.3 is 5.11 Å². The number of aliphatic hydroxyl groups excluding tert-OH is 1. The van der Waals surface area contributed by atoms with Gasteiger partial charge in [-0.25, -0.2) is 8.42 Å². The first-order valence-electron chi connectivity index (χ1n) is 8.28. The van der Waals surface area contributed by atoms with Crippen LogP contribution in [-0.4, -0.2) is 31.6 Å². The van der Waals surface area contributed by atoms with Gasteiger partial charge >= 0.3 is 0 Å². The molecule has 1 rings (SSSR count). The molecular formula is C16H32O3S. The number of hydrogen-bond acceptors (Lipinski definition) is 3. The lowest BCUT2D eigenvalue weighted by atomic mass is 9.68. The van der Waals surface area contributed by atoms with E-state index in [1.54, 1.807) is 6.92 Å². The zero-order valence-electron chi connectivity index (χ0n) is 13.2. The third-order valence-corrected chi connectivity index (χ3v) is 6.86. The van der Waals surface area contributed by atoms with Crippen molar-refractivity contribution >= 4 is 9.84 Å². The van der Waals surface area contributed by atoms with Crippen LogP contribution >= 0.6 is 0 Å². The molecule has 1 N–H and O–H groups in total. The fourth-order valence-corrected chi connectivity index (χ4v) is 4.24. The van der Waals surface area contributed by atoms with Crippen LogP contribution in [0.25, 0.3) is 0 Å². The number of aliphatic hydroxyl groups is 1. The van der Waals surface area contributed by atoms with Gasteiger partial charge in [-0.3, -0.25) is 0 Å². The first kappa shape index (κ1) is 18.0. The Balaban J connectivity index is 2.38. The van der Waals surface area contributed by atoms with Crippen LogP contribution in [0.4, 0.5) is 0 Å². The van der Waals surface area contributed by atoms with Crippen LogP contribution < -0.4 is 0 Å². The Morgan fingerprint density at radius 2 is 1.80 bits per heavy atom. The lowest BCUT2D eigenvalue weighted by molar-refractivity contribution is 0.0535. The molecule has 20 heavy (non-hydrogen) atoms. The van der Waals surface area contributed by atoms with Crippen LogP contribution in [0.5, 0.6) is 0 Å². The molecule has 0 radical (unpaired) electrons. The van der Waals surface area contributed by atoms with E-state index in [2.05, 4.69) is 6.92 Å². The van der Waals surface area contributed by atoms with Crippen molar-refractivity contribution in [3.63, 3.8) is 0 Å². The highest BCUT2D eigenvalue weighted by molar-refractivity contribution is 7.91. The van der Waals surface area contributed by atoms with Crippen molar-refractivity contribution in [3.8, 4) is 0 Å². The molecule has 4 heteroatoms. The minimum Gasteiger partial charge on any atom is -0.396 e. The number of sulfone groups is 1. The third kappa shape index (κ3) is 5.72. The van der Waals surface area contributed by atoms with Crippen LogP contribution in [-0.2, 0) is 9.84 Å². The molecule has 0 bridgehead atoms. The Morgan fingerprint density at radius 1 is 1.15 bits per heavy atom. The van der Waals surface area contributed by atoms with Crippen LogP contribution in [0.15, 0.2) is 0 Å². The summed E-state index contributed by atoms with van der Waals surface area (Å²) in [4.78, 5) is 0. The van der Waals surface area contributed by atoms with Crippen LogP contribution in [0.2, 0.25) is 0 Å². The molecule has 0 aromatic heterocycles. The molecule has 0 aromatic rings. The molecule has 1 aliphatic carbocycles. The zero-order chi connectivity index (χ0) is 15.1. The molecule has 0 spiro atoms. The van der Waals surface area contributed by atoms with E-state index in [1.165, 1.54) is 32.1 Å². The average Bonchev–Trinajstić information content (AvgIpc) is 2.46. The molecule has 0 atom stereocenters. The second-order valence-electron chi connectivity index (χ2n) is 6.58. The van der Waals surface area contributed by atoms with Crippen molar-refractivity contribution in [1.82, 2.24) is 0 Å². The van der Waals surface area contributed by atoms with Gasteiger partial charge in [0, 0.05) is 12.4 Å². The molecule has 3 nitrogen and oxygen atoms in total. The molecule has 1 fully saturated rings. The van der Waals surface area contributed by atoms with E-state index in [0.29, 0.717) is 6.42 Å². The summed E-state index contributed by atoms with van der Waals surface area (Å²) in [5.74, 6) is 1.34. The topological polar surface area (TPSA) is 54.4 Å². The normalized spacial score (nSPS) is 27.6. The summed E-state index contributed by atoms with van der Waals surface area (Å²) in [5, 5.41) is 9.74. The maximum Gasteiger partial charge on any atom is 0.150 e. The van der Waals surface area contributed by atoms with Gasteiger partial charge in [0.15, 0.2) is 0 Å². The highest BCUT2D eigenvalue weighted by Crippen LogP contribution is 2.43. The molecule has 0 unspecified atom stereocenters. The first-order valence-corrected chi connectivity index (χ1v) is 10.1. The SMILES string of the molecule is CCCCC1CCC(CO)(CCCS(=O)(=O)CC)CC1. The first-order chi connectivity index (χ1) is 9.47. The van der Waals surface area contributed by atoms with Crippen LogP contribution in [0, 0.1) is 11.3 Å². The lowest BCUT2D eigenvalue weighted by Crippen LogP contribution is -2.31. The van der Waals surface area contributed by atoms with E-state index in [9.17, 15) is 13.5 Å². The van der Waals surface area contributed by atoms with Crippen molar-refractivity contribution < 1.29 is 13.5 Å². The largest absolute Gasteiger partial charge is 0.396 e. The molecule has 120 valence electrons. The summed E-state index contributed by atoms with van der Waals surface area (Å²) in [5.41, 5.74) is 0.00593. The highest BCUT2D eigenvalue weighted by atomic mass is 32.2. The molecule has 0 aliphatic heterocycles. The predicted octanol–water partition coefficient (Wildman–Crippen LogP) is 3.56. The van der Waals surface area contributed by atoms with Crippen molar-refractivity contribution in [2.75, 3.05) is 18.1 Å². The highest BCUT2D eigenvalue weighted by Gasteiger charge is 2.34. The molecule has 0 amide bonds. The summed E-state index contributed by atoms with van der Waals surface area (Å²) in [6.07, 6.45) is 10.0. The van der Waals surface area contributed by atoms with E-state index in [0.717, 1.165) is 25.2 Å². The summed E-state index contributed by atoms with van der Waals surface area (Å²) in [6, 6.07) is 0. The second kappa shape index (κ2) is 8.38. The fourth-order valence-electron chi connectivity index (χ4n) is 3.37. The van der Waals surface area contributed by atoms with E-state index in [4.69, 9.17) is 0 Å². The number of rotatable bonds is 9. The molecule has 1 saturated carbocycles. The molecule has 0 saturated heterocycles. The van der Waals surface area contributed by atoms with Gasteiger partial charge in [0.25, 0.3) is 0 Å². The minimum atomic E-state index is -2.86. The molecule has 0 aromatic carbocycles. The van der Waals surface area contributed by atoms with Gasteiger partial charge in [0.05, 0.1) is 5.75 Å². The molecule has 0 heterocycles. The van der Waals surface area contributed by atoms with Gasteiger partial charge in [0.1, 0.15) is 9.84 Å². The van der Waals surface area contributed by atoms with Crippen molar-refractivity contribution in [3.05, 3.63) is 0 Å². The van der Waals surface area contributed by atoms with E-state index < -0.39 is 9.84 Å². The van der Waals surface area contributed by atoms with Gasteiger partial charge in [-0.05, 0) is 49.9 Å². The van der Waals surface area contributed by atoms with E-state index in [-0.39, 0.29) is 23.5 Å². The van der Waals surface area contributed by atoms with Crippen molar-refractivity contribution in [2.45, 2.75) is 71.6 Å². The average molecular weight is 304 g/mol. The standard InChI is InChI=1S/C16H32O3S/c1-3-5-7-15-8-11-16(14-17,12-9-15)10-6-13-20(18,19)4-2/h15,17H,3-14H2,1-2H3. The van der Waals surface area contributed by atoms with Crippen molar-refractivity contribution in [1.29, 1.82) is 0 Å². The van der Waals surface area contributed by atoms with E-state index >= 15 is 0 Å². The summed E-state index contributed by atoms with van der Waals surface area (Å²) < 4.78 is 23.1. The second-order valence-corrected chi connectivity index (χ2v) is 9.06. The Morgan fingerprint density at radius 3 is 2.30 bits per heavy atom. The Bertz CT molecular complexity index is 354. The fraction of sp³-hybridized carbons (Fsp3) is 1.00. The summed E-state index contributed by atoms with van der Waals surface area (Å²) in [6.45, 7) is 4.16. The quantitative estimate of drug-likeness (QED) is 0.708. The summed E-state index contributed by atoms with van der Waals surface area (Å²) >= 11 is 0. The summed E-state index contributed by atoms with van der Waals surface area (Å²) in [7, 11) is -2.86. The maximum atomic E-state index is 11.5. The smallest absolute Gasteiger partial charge is 0.150 e. The van der Waals surface area contributed by atoms with Gasteiger partial charge in [-0.15, -0.1) is 0 Å².